The van der Waals surface area contributed by atoms with Gasteiger partial charge < -0.3 is 10.2 Å². The molecule has 0 aromatic carbocycles. The molecule has 2 rings (SSSR count). The van der Waals surface area contributed by atoms with Crippen LogP contribution in [0.3, 0.4) is 0 Å². The largest absolute Gasteiger partial charge is 0.376 e. The van der Waals surface area contributed by atoms with Gasteiger partial charge in [0.2, 0.25) is 0 Å². The van der Waals surface area contributed by atoms with Crippen LogP contribution in [-0.4, -0.2) is 18.5 Å². The first kappa shape index (κ1) is 7.22. The van der Waals surface area contributed by atoms with Crippen LogP contribution in [-0.2, 0) is 0 Å². The fourth-order valence-electron chi connectivity index (χ4n) is 1.40. The lowest BCUT2D eigenvalue weighted by molar-refractivity contribution is 0.489. The Bertz CT molecular complexity index is 308. The molecule has 2 aliphatic heterocycles. The molecule has 0 fully saturated rings. The highest BCUT2D eigenvalue weighted by Gasteiger charge is 2.11. The second kappa shape index (κ2) is 2.55. The van der Waals surface area contributed by atoms with Crippen molar-refractivity contribution in [3.8, 4) is 0 Å². The van der Waals surface area contributed by atoms with Crippen molar-refractivity contribution in [2.75, 3.05) is 13.6 Å². The Morgan fingerprint density at radius 2 is 2.25 bits per heavy atom. The summed E-state index contributed by atoms with van der Waals surface area (Å²) in [5, 5.41) is 3.22. The molecule has 0 spiro atoms. The summed E-state index contributed by atoms with van der Waals surface area (Å²) in [6.45, 7) is 4.82. The van der Waals surface area contributed by atoms with E-state index in [4.69, 9.17) is 0 Å². The molecule has 0 amide bonds. The standard InChI is InChI=1S/C10H12N2/c1-8-3-4-9-7-12(2)6-5-10(9)11-8/h3-6,11H,1,7H2,2H3. The fraction of sp³-hybridized carbons (Fsp3) is 0.200. The molecule has 0 atom stereocenters. The molecule has 2 heteroatoms. The van der Waals surface area contributed by atoms with Gasteiger partial charge >= 0.3 is 0 Å². The Labute approximate surface area is 72.6 Å². The van der Waals surface area contributed by atoms with Crippen molar-refractivity contribution in [2.45, 2.75) is 0 Å². The molecule has 12 heavy (non-hydrogen) atoms. The van der Waals surface area contributed by atoms with Crippen LogP contribution < -0.4 is 5.32 Å². The third-order valence-electron chi connectivity index (χ3n) is 2.04. The van der Waals surface area contributed by atoms with Gasteiger partial charge in [0, 0.05) is 31.2 Å². The number of nitrogens with zero attached hydrogens (tertiary/aromatic N) is 1. The minimum absolute atomic E-state index is 0.961. The van der Waals surface area contributed by atoms with Crippen LogP contribution in [0.2, 0.25) is 0 Å². The van der Waals surface area contributed by atoms with Crippen molar-refractivity contribution in [3.05, 3.63) is 48.0 Å². The summed E-state index contributed by atoms with van der Waals surface area (Å²) in [6.07, 6.45) is 8.27. The van der Waals surface area contributed by atoms with Crippen LogP contribution in [0, 0.1) is 0 Å². The van der Waals surface area contributed by atoms with E-state index in [1.165, 1.54) is 11.3 Å². The molecule has 0 saturated heterocycles. The number of hydrogen-bond acceptors (Lipinski definition) is 2. The summed E-state index contributed by atoms with van der Waals surface area (Å²) in [6, 6.07) is 0. The molecular formula is C10H12N2. The number of rotatable bonds is 0. The second-order valence-corrected chi connectivity index (χ2v) is 3.15. The maximum atomic E-state index is 3.84. The van der Waals surface area contributed by atoms with E-state index in [2.05, 4.69) is 42.2 Å². The lowest BCUT2D eigenvalue weighted by Gasteiger charge is -2.25. The summed E-state index contributed by atoms with van der Waals surface area (Å²) in [4.78, 5) is 2.15. The van der Waals surface area contributed by atoms with Gasteiger partial charge in [0.15, 0.2) is 0 Å². The van der Waals surface area contributed by atoms with Gasteiger partial charge in [-0.1, -0.05) is 12.7 Å². The van der Waals surface area contributed by atoms with Crippen LogP contribution >= 0.6 is 0 Å². The van der Waals surface area contributed by atoms with Gasteiger partial charge in [-0.15, -0.1) is 0 Å². The van der Waals surface area contributed by atoms with Gasteiger partial charge in [0.05, 0.1) is 0 Å². The van der Waals surface area contributed by atoms with E-state index in [9.17, 15) is 0 Å². The van der Waals surface area contributed by atoms with E-state index >= 15 is 0 Å². The molecule has 2 heterocycles. The minimum atomic E-state index is 0.961. The lowest BCUT2D eigenvalue weighted by atomic mass is 10.1. The SMILES string of the molecule is C=C1C=CC2=C(C=CN(C)C2)N1. The predicted octanol–water partition coefficient (Wildman–Crippen LogP) is 1.37. The molecule has 0 bridgehead atoms. The number of allylic oxidation sites excluding steroid dienone is 2. The maximum absolute atomic E-state index is 3.84. The second-order valence-electron chi connectivity index (χ2n) is 3.15. The molecule has 0 saturated carbocycles. The van der Waals surface area contributed by atoms with Crippen LogP contribution in [0.25, 0.3) is 0 Å². The zero-order chi connectivity index (χ0) is 8.55. The first-order valence-electron chi connectivity index (χ1n) is 4.01. The van der Waals surface area contributed by atoms with Gasteiger partial charge in [-0.2, -0.15) is 0 Å². The zero-order valence-corrected chi connectivity index (χ0v) is 7.17. The number of hydrogen-bond donors (Lipinski definition) is 1. The lowest BCUT2D eigenvalue weighted by Crippen LogP contribution is -2.25. The predicted molar refractivity (Wildman–Crippen MR) is 50.2 cm³/mol. The Hall–Kier alpha value is -1.44. The number of nitrogens with one attached hydrogen (secondary N) is 1. The van der Waals surface area contributed by atoms with Crippen molar-refractivity contribution in [2.24, 2.45) is 0 Å². The van der Waals surface area contributed by atoms with Gasteiger partial charge in [-0.05, 0) is 17.7 Å². The highest BCUT2D eigenvalue weighted by Crippen LogP contribution is 2.18. The van der Waals surface area contributed by atoms with E-state index in [1.54, 1.807) is 0 Å². The molecule has 0 radical (unpaired) electrons. The monoisotopic (exact) mass is 160 g/mol. The number of dihydropyridines is 1. The quantitative estimate of drug-likeness (QED) is 0.576. The molecule has 2 nitrogen and oxygen atoms in total. The molecule has 0 aromatic heterocycles. The first-order valence-corrected chi connectivity index (χ1v) is 4.01. The van der Waals surface area contributed by atoms with E-state index in [-0.39, 0.29) is 0 Å². The molecule has 62 valence electrons. The topological polar surface area (TPSA) is 15.3 Å². The number of likely N-dealkylation sites (N-methyl/N-ethyl adjacent to an activating group) is 1. The average molecular weight is 160 g/mol. The van der Waals surface area contributed by atoms with Gasteiger partial charge in [0.1, 0.15) is 0 Å². The normalized spacial score (nSPS) is 21.1. The Balaban J connectivity index is 2.30. The molecule has 2 aliphatic rings. The van der Waals surface area contributed by atoms with Crippen molar-refractivity contribution < 1.29 is 0 Å². The molecular weight excluding hydrogens is 148 g/mol. The summed E-state index contributed by atoms with van der Waals surface area (Å²) in [7, 11) is 2.07. The van der Waals surface area contributed by atoms with Crippen molar-refractivity contribution >= 4 is 0 Å². The first-order chi connectivity index (χ1) is 5.75. The maximum Gasteiger partial charge on any atom is 0.0449 e. The summed E-state index contributed by atoms with van der Waals surface area (Å²) in [5.41, 5.74) is 3.47. The fourth-order valence-corrected chi connectivity index (χ4v) is 1.40. The van der Waals surface area contributed by atoms with E-state index in [0.717, 1.165) is 12.2 Å². The average Bonchev–Trinajstić information content (AvgIpc) is 2.05. The molecule has 1 N–H and O–H groups in total. The Kier molecular flexibility index (Phi) is 1.54. The van der Waals surface area contributed by atoms with E-state index in [0.29, 0.717) is 0 Å². The minimum Gasteiger partial charge on any atom is -0.376 e. The van der Waals surface area contributed by atoms with Crippen LogP contribution in [0.15, 0.2) is 48.0 Å². The van der Waals surface area contributed by atoms with Crippen LogP contribution in [0.4, 0.5) is 0 Å². The van der Waals surface area contributed by atoms with Gasteiger partial charge in [-0.25, -0.2) is 0 Å². The van der Waals surface area contributed by atoms with E-state index in [1.807, 2.05) is 6.08 Å². The van der Waals surface area contributed by atoms with Crippen LogP contribution in [0.5, 0.6) is 0 Å². The third kappa shape index (κ3) is 1.16. The summed E-state index contributed by atoms with van der Waals surface area (Å²) >= 11 is 0. The third-order valence-corrected chi connectivity index (χ3v) is 2.04. The smallest absolute Gasteiger partial charge is 0.0449 e. The molecule has 0 aliphatic carbocycles. The van der Waals surface area contributed by atoms with Crippen LogP contribution in [0.1, 0.15) is 0 Å². The summed E-state index contributed by atoms with van der Waals surface area (Å²) < 4.78 is 0. The van der Waals surface area contributed by atoms with E-state index < -0.39 is 0 Å². The van der Waals surface area contributed by atoms with Gasteiger partial charge in [0.25, 0.3) is 0 Å². The Morgan fingerprint density at radius 3 is 3.08 bits per heavy atom. The molecule has 0 aromatic rings. The zero-order valence-electron chi connectivity index (χ0n) is 7.17. The van der Waals surface area contributed by atoms with Crippen molar-refractivity contribution in [1.82, 2.24) is 10.2 Å². The van der Waals surface area contributed by atoms with Crippen molar-refractivity contribution in [1.29, 1.82) is 0 Å². The van der Waals surface area contributed by atoms with Gasteiger partial charge in [-0.3, -0.25) is 0 Å². The summed E-state index contributed by atoms with van der Waals surface area (Å²) in [5.74, 6) is 0. The Morgan fingerprint density at radius 1 is 1.42 bits per heavy atom. The van der Waals surface area contributed by atoms with Crippen molar-refractivity contribution in [3.63, 3.8) is 0 Å². The molecule has 0 unspecified atom stereocenters. The highest BCUT2D eigenvalue weighted by molar-refractivity contribution is 5.44. The highest BCUT2D eigenvalue weighted by atomic mass is 15.1.